The summed E-state index contributed by atoms with van der Waals surface area (Å²) >= 11 is 0. The lowest BCUT2D eigenvalue weighted by Crippen LogP contribution is -2.50. The molecule has 124 valence electrons. The molecule has 2 aliphatic heterocycles. The monoisotopic (exact) mass is 298 g/mol. The second kappa shape index (κ2) is 8.47. The molecule has 4 nitrogen and oxygen atoms in total. The van der Waals surface area contributed by atoms with Gasteiger partial charge in [-0.1, -0.05) is 0 Å². The van der Waals surface area contributed by atoms with Gasteiger partial charge >= 0.3 is 0 Å². The number of ether oxygens (including phenoxy) is 2. The quantitative estimate of drug-likeness (QED) is 0.732. The first-order valence-electron chi connectivity index (χ1n) is 8.77. The summed E-state index contributed by atoms with van der Waals surface area (Å²) in [4.78, 5) is 2.42. The lowest BCUT2D eigenvalue weighted by Gasteiger charge is -2.43. The minimum absolute atomic E-state index is 0.117. The number of hydrogen-bond acceptors (Lipinski definition) is 4. The van der Waals surface area contributed by atoms with Gasteiger partial charge in [-0.2, -0.15) is 0 Å². The van der Waals surface area contributed by atoms with E-state index in [1.807, 2.05) is 0 Å². The number of hydrogen-bond donors (Lipinski definition) is 1. The van der Waals surface area contributed by atoms with Crippen LogP contribution in [0.15, 0.2) is 0 Å². The third-order valence-corrected chi connectivity index (χ3v) is 5.15. The van der Waals surface area contributed by atoms with E-state index in [1.54, 1.807) is 0 Å². The van der Waals surface area contributed by atoms with E-state index in [-0.39, 0.29) is 5.60 Å². The topological polar surface area (TPSA) is 33.7 Å². The van der Waals surface area contributed by atoms with E-state index in [4.69, 9.17) is 9.47 Å². The predicted molar refractivity (Wildman–Crippen MR) is 86.8 cm³/mol. The number of unbranched alkanes of at least 4 members (excludes halogenated alkanes) is 1. The normalized spacial score (nSPS) is 25.9. The van der Waals surface area contributed by atoms with Crippen molar-refractivity contribution in [1.82, 2.24) is 10.2 Å². The molecular weight excluding hydrogens is 264 g/mol. The van der Waals surface area contributed by atoms with Crippen molar-refractivity contribution in [2.45, 2.75) is 70.1 Å². The Morgan fingerprint density at radius 1 is 1.19 bits per heavy atom. The number of rotatable bonds is 7. The molecule has 0 aromatic heterocycles. The standard InChI is InChI=1S/C17H34N2O2/c1-15(2)19(3)10-5-4-9-18-16-6-11-21-17(14-16)7-12-20-13-8-17/h15-16,18H,4-14H2,1-3H3. The van der Waals surface area contributed by atoms with Gasteiger partial charge in [0.05, 0.1) is 5.60 Å². The summed E-state index contributed by atoms with van der Waals surface area (Å²) in [7, 11) is 2.21. The lowest BCUT2D eigenvalue weighted by molar-refractivity contribution is -0.140. The molecule has 0 aromatic carbocycles. The first-order valence-corrected chi connectivity index (χ1v) is 8.77. The zero-order chi connectivity index (χ0) is 15.1. The van der Waals surface area contributed by atoms with Crippen LogP contribution in [-0.4, -0.2) is 62.5 Å². The van der Waals surface area contributed by atoms with Crippen LogP contribution in [0, 0.1) is 0 Å². The predicted octanol–water partition coefficient (Wildman–Crippen LogP) is 2.42. The Hall–Kier alpha value is -0.160. The van der Waals surface area contributed by atoms with Crippen LogP contribution >= 0.6 is 0 Å². The molecule has 0 aliphatic carbocycles. The highest BCUT2D eigenvalue weighted by molar-refractivity contribution is 4.91. The maximum atomic E-state index is 6.10. The van der Waals surface area contributed by atoms with Gasteiger partial charge in [0.15, 0.2) is 0 Å². The summed E-state index contributed by atoms with van der Waals surface area (Å²) in [5, 5.41) is 3.76. The van der Waals surface area contributed by atoms with Gasteiger partial charge in [0.25, 0.3) is 0 Å². The molecule has 0 saturated carbocycles. The SMILES string of the molecule is CC(C)N(C)CCCCNC1CCOC2(CCOCC2)C1. The van der Waals surface area contributed by atoms with Crippen LogP contribution in [0.25, 0.3) is 0 Å². The summed E-state index contributed by atoms with van der Waals surface area (Å²) in [5.41, 5.74) is 0.117. The van der Waals surface area contributed by atoms with Crippen LogP contribution < -0.4 is 5.32 Å². The molecule has 1 N–H and O–H groups in total. The van der Waals surface area contributed by atoms with Crippen LogP contribution in [-0.2, 0) is 9.47 Å². The van der Waals surface area contributed by atoms with Crippen molar-refractivity contribution in [3.05, 3.63) is 0 Å². The van der Waals surface area contributed by atoms with Crippen LogP contribution in [0.3, 0.4) is 0 Å². The highest BCUT2D eigenvalue weighted by Gasteiger charge is 2.38. The Morgan fingerprint density at radius 2 is 1.95 bits per heavy atom. The van der Waals surface area contributed by atoms with Crippen LogP contribution in [0.4, 0.5) is 0 Å². The van der Waals surface area contributed by atoms with E-state index in [1.165, 1.54) is 25.8 Å². The Morgan fingerprint density at radius 3 is 2.67 bits per heavy atom. The summed E-state index contributed by atoms with van der Waals surface area (Å²) in [5.74, 6) is 0. The van der Waals surface area contributed by atoms with Crippen molar-refractivity contribution >= 4 is 0 Å². The molecule has 1 spiro atoms. The van der Waals surface area contributed by atoms with E-state index in [2.05, 4.69) is 31.1 Å². The molecule has 21 heavy (non-hydrogen) atoms. The third kappa shape index (κ3) is 5.51. The van der Waals surface area contributed by atoms with E-state index in [0.29, 0.717) is 12.1 Å². The second-order valence-electron chi connectivity index (χ2n) is 7.07. The van der Waals surface area contributed by atoms with Crippen molar-refractivity contribution in [1.29, 1.82) is 0 Å². The molecule has 2 rings (SSSR count). The fourth-order valence-corrected chi connectivity index (χ4v) is 3.34. The minimum Gasteiger partial charge on any atom is -0.381 e. The molecule has 1 unspecified atom stereocenters. The van der Waals surface area contributed by atoms with Crippen molar-refractivity contribution in [3.8, 4) is 0 Å². The summed E-state index contributed by atoms with van der Waals surface area (Å²) in [6.07, 6.45) is 7.03. The van der Waals surface area contributed by atoms with Gasteiger partial charge in [0.2, 0.25) is 0 Å². The molecule has 2 saturated heterocycles. The smallest absolute Gasteiger partial charge is 0.0741 e. The van der Waals surface area contributed by atoms with Crippen molar-refractivity contribution < 1.29 is 9.47 Å². The summed E-state index contributed by atoms with van der Waals surface area (Å²) in [6, 6.07) is 1.29. The maximum absolute atomic E-state index is 6.10. The average Bonchev–Trinajstić information content (AvgIpc) is 2.47. The third-order valence-electron chi connectivity index (χ3n) is 5.15. The largest absolute Gasteiger partial charge is 0.381 e. The highest BCUT2D eigenvalue weighted by atomic mass is 16.5. The van der Waals surface area contributed by atoms with E-state index in [0.717, 1.165) is 45.6 Å². The van der Waals surface area contributed by atoms with Crippen LogP contribution in [0.5, 0.6) is 0 Å². The number of nitrogens with zero attached hydrogens (tertiary/aromatic N) is 1. The molecule has 2 aliphatic rings. The lowest BCUT2D eigenvalue weighted by atomic mass is 9.84. The van der Waals surface area contributed by atoms with Gasteiger partial charge in [0, 0.05) is 31.9 Å². The molecule has 0 aromatic rings. The maximum Gasteiger partial charge on any atom is 0.0741 e. The molecule has 4 heteroatoms. The van der Waals surface area contributed by atoms with Gasteiger partial charge in [0.1, 0.15) is 0 Å². The average molecular weight is 298 g/mol. The zero-order valence-corrected chi connectivity index (χ0v) is 14.2. The molecule has 0 bridgehead atoms. The van der Waals surface area contributed by atoms with Gasteiger partial charge < -0.3 is 19.7 Å². The fourth-order valence-electron chi connectivity index (χ4n) is 3.34. The second-order valence-corrected chi connectivity index (χ2v) is 7.07. The van der Waals surface area contributed by atoms with E-state index >= 15 is 0 Å². The molecule has 2 fully saturated rings. The summed E-state index contributed by atoms with van der Waals surface area (Å²) in [6.45, 7) is 9.51. The van der Waals surface area contributed by atoms with Crippen molar-refractivity contribution in [3.63, 3.8) is 0 Å². The first kappa shape index (κ1) is 17.2. The Balaban J connectivity index is 1.60. The minimum atomic E-state index is 0.117. The molecular formula is C17H34N2O2. The molecule has 0 amide bonds. The van der Waals surface area contributed by atoms with E-state index < -0.39 is 0 Å². The van der Waals surface area contributed by atoms with E-state index in [9.17, 15) is 0 Å². The van der Waals surface area contributed by atoms with Gasteiger partial charge in [-0.3, -0.25) is 0 Å². The number of nitrogens with one attached hydrogen (secondary N) is 1. The molecule has 1 atom stereocenters. The Bertz CT molecular complexity index is 285. The molecule has 0 radical (unpaired) electrons. The van der Waals surface area contributed by atoms with Gasteiger partial charge in [-0.05, 0) is 72.5 Å². The van der Waals surface area contributed by atoms with Crippen LogP contribution in [0.2, 0.25) is 0 Å². The van der Waals surface area contributed by atoms with Gasteiger partial charge in [-0.15, -0.1) is 0 Å². The van der Waals surface area contributed by atoms with Crippen molar-refractivity contribution in [2.24, 2.45) is 0 Å². The Kier molecular flexibility index (Phi) is 6.93. The van der Waals surface area contributed by atoms with Crippen molar-refractivity contribution in [2.75, 3.05) is 40.0 Å². The first-order chi connectivity index (χ1) is 10.1. The van der Waals surface area contributed by atoms with Crippen LogP contribution in [0.1, 0.15) is 52.4 Å². The fraction of sp³-hybridized carbons (Fsp3) is 1.00. The zero-order valence-electron chi connectivity index (χ0n) is 14.2. The molecule has 2 heterocycles. The Labute approximate surface area is 130 Å². The van der Waals surface area contributed by atoms with Gasteiger partial charge in [-0.25, -0.2) is 0 Å². The summed E-state index contributed by atoms with van der Waals surface area (Å²) < 4.78 is 11.6. The highest BCUT2D eigenvalue weighted by Crippen LogP contribution is 2.34.